The zero-order chi connectivity index (χ0) is 29.1. The van der Waals surface area contributed by atoms with Gasteiger partial charge in [-0.3, -0.25) is 15.0 Å². The first-order chi connectivity index (χ1) is 19.6. The molecule has 1 unspecified atom stereocenters. The Morgan fingerprint density at radius 1 is 1.12 bits per heavy atom. The van der Waals surface area contributed by atoms with Crippen molar-refractivity contribution in [3.63, 3.8) is 0 Å². The lowest BCUT2D eigenvalue weighted by Gasteiger charge is -2.22. The molecule has 4 aromatic rings. The minimum absolute atomic E-state index is 0.192. The molecular formula is C27H28F3N9O2. The number of anilines is 3. The fourth-order valence-electron chi connectivity index (χ4n) is 5.01. The van der Waals surface area contributed by atoms with E-state index in [4.69, 9.17) is 5.73 Å². The third kappa shape index (κ3) is 6.06. The van der Waals surface area contributed by atoms with Crippen LogP contribution in [0.4, 0.5) is 35.3 Å². The second kappa shape index (κ2) is 11.4. The SMILES string of the molecule is CCN1CCCC1CNC(=O)c1cn2ncnc(N)c2c1-c1ccc(NC(=O)Nc2cccc(C(F)(F)F)n2)cc1. The number of likely N-dealkylation sites (N-methyl/N-ethyl adjacent to an activating group) is 1. The van der Waals surface area contributed by atoms with Gasteiger partial charge in [-0.05, 0) is 55.8 Å². The maximum Gasteiger partial charge on any atom is 0.433 e. The van der Waals surface area contributed by atoms with E-state index in [-0.39, 0.29) is 23.6 Å². The van der Waals surface area contributed by atoms with E-state index in [1.165, 1.54) is 16.9 Å². The molecule has 214 valence electrons. The lowest BCUT2D eigenvalue weighted by molar-refractivity contribution is -0.141. The summed E-state index contributed by atoms with van der Waals surface area (Å²) in [7, 11) is 0. The molecular weight excluding hydrogens is 539 g/mol. The molecule has 1 aliphatic heterocycles. The van der Waals surface area contributed by atoms with Crippen LogP contribution in [0.15, 0.2) is 55.0 Å². The summed E-state index contributed by atoms with van der Waals surface area (Å²) >= 11 is 0. The Labute approximate surface area is 233 Å². The van der Waals surface area contributed by atoms with E-state index in [1.807, 2.05) is 0 Å². The normalized spacial score (nSPS) is 15.7. The van der Waals surface area contributed by atoms with Gasteiger partial charge < -0.3 is 16.4 Å². The van der Waals surface area contributed by atoms with E-state index in [0.717, 1.165) is 38.1 Å². The molecule has 0 radical (unpaired) electrons. The highest BCUT2D eigenvalue weighted by Gasteiger charge is 2.32. The second-order valence-electron chi connectivity index (χ2n) is 9.55. The van der Waals surface area contributed by atoms with Crippen LogP contribution in [0.5, 0.6) is 0 Å². The zero-order valence-electron chi connectivity index (χ0n) is 22.1. The summed E-state index contributed by atoms with van der Waals surface area (Å²) in [4.78, 5) is 35.6. The summed E-state index contributed by atoms with van der Waals surface area (Å²) in [6.45, 7) is 4.55. The van der Waals surface area contributed by atoms with Gasteiger partial charge in [-0.15, -0.1) is 0 Å². The zero-order valence-corrected chi connectivity index (χ0v) is 22.1. The van der Waals surface area contributed by atoms with Gasteiger partial charge in [0, 0.05) is 30.0 Å². The van der Waals surface area contributed by atoms with Gasteiger partial charge in [0.05, 0.1) is 5.56 Å². The minimum atomic E-state index is -4.64. The van der Waals surface area contributed by atoms with Gasteiger partial charge in [0.25, 0.3) is 5.91 Å². The first kappa shape index (κ1) is 27.8. The molecule has 1 aromatic carbocycles. The lowest BCUT2D eigenvalue weighted by atomic mass is 10.0. The van der Waals surface area contributed by atoms with Crippen LogP contribution in [0.2, 0.25) is 0 Å². The van der Waals surface area contributed by atoms with Crippen molar-refractivity contribution in [3.8, 4) is 11.1 Å². The number of nitrogens with zero attached hydrogens (tertiary/aromatic N) is 5. The van der Waals surface area contributed by atoms with Crippen molar-refractivity contribution >= 4 is 34.8 Å². The molecule has 1 saturated heterocycles. The second-order valence-corrected chi connectivity index (χ2v) is 9.55. The fraction of sp³-hybridized carbons (Fsp3) is 0.296. The number of hydrogen-bond acceptors (Lipinski definition) is 7. The summed E-state index contributed by atoms with van der Waals surface area (Å²) in [6, 6.07) is 9.28. The van der Waals surface area contributed by atoms with Gasteiger partial charge >= 0.3 is 12.2 Å². The summed E-state index contributed by atoms with van der Waals surface area (Å²) in [5.41, 5.74) is 7.40. The van der Waals surface area contributed by atoms with Crippen LogP contribution in [0.3, 0.4) is 0 Å². The minimum Gasteiger partial charge on any atom is -0.382 e. The Bertz CT molecular complexity index is 1570. The highest BCUT2D eigenvalue weighted by Crippen LogP contribution is 2.33. The van der Waals surface area contributed by atoms with E-state index in [1.54, 1.807) is 30.5 Å². The fourth-order valence-corrected chi connectivity index (χ4v) is 5.01. The molecule has 14 heteroatoms. The van der Waals surface area contributed by atoms with E-state index in [9.17, 15) is 22.8 Å². The molecule has 5 rings (SSSR count). The van der Waals surface area contributed by atoms with Crippen LogP contribution in [0.25, 0.3) is 16.6 Å². The first-order valence-corrected chi connectivity index (χ1v) is 13.0. The number of halogens is 3. The van der Waals surface area contributed by atoms with Crippen molar-refractivity contribution in [2.45, 2.75) is 32.0 Å². The first-order valence-electron chi connectivity index (χ1n) is 13.0. The standard InChI is InChI=1S/C27H28F3N9O2/c1-2-38-12-4-5-18(38)13-32-25(40)19-14-39-23(24(31)33-15-34-39)22(19)16-8-10-17(11-9-16)35-26(41)37-21-7-3-6-20(36-21)27(28,29)30/h3,6-11,14-15,18H,2,4-5,12-13H2,1H3,(H,32,40)(H2,31,33,34)(H2,35,36,37,41). The number of aromatic nitrogens is 4. The van der Waals surface area contributed by atoms with Crippen molar-refractivity contribution in [1.82, 2.24) is 29.8 Å². The van der Waals surface area contributed by atoms with Crippen molar-refractivity contribution in [3.05, 3.63) is 66.2 Å². The van der Waals surface area contributed by atoms with Crippen LogP contribution < -0.4 is 21.7 Å². The van der Waals surface area contributed by atoms with Crippen molar-refractivity contribution in [2.75, 3.05) is 36.0 Å². The maximum atomic E-state index is 13.4. The summed E-state index contributed by atoms with van der Waals surface area (Å²) in [5, 5.41) is 12.1. The lowest BCUT2D eigenvalue weighted by Crippen LogP contribution is -2.40. The highest BCUT2D eigenvalue weighted by molar-refractivity contribution is 6.07. The van der Waals surface area contributed by atoms with Crippen LogP contribution >= 0.6 is 0 Å². The number of rotatable bonds is 7. The Balaban J connectivity index is 1.35. The topological polar surface area (TPSA) is 143 Å². The number of likely N-dealkylation sites (tertiary alicyclic amines) is 1. The maximum absolute atomic E-state index is 13.4. The third-order valence-electron chi connectivity index (χ3n) is 6.96. The largest absolute Gasteiger partial charge is 0.433 e. The number of hydrogen-bond donors (Lipinski definition) is 4. The summed E-state index contributed by atoms with van der Waals surface area (Å²) < 4.78 is 40.3. The van der Waals surface area contributed by atoms with E-state index in [0.29, 0.717) is 34.4 Å². The molecule has 4 heterocycles. The number of carbonyl (C=O) groups excluding carboxylic acids is 2. The van der Waals surface area contributed by atoms with Crippen molar-refractivity contribution in [2.24, 2.45) is 0 Å². The number of amides is 3. The molecule has 3 amide bonds. The number of urea groups is 1. The van der Waals surface area contributed by atoms with Gasteiger partial charge in [-0.2, -0.15) is 18.3 Å². The average Bonchev–Trinajstić information content (AvgIpc) is 3.57. The Hall–Kier alpha value is -4.72. The molecule has 0 bridgehead atoms. The molecule has 0 spiro atoms. The van der Waals surface area contributed by atoms with Gasteiger partial charge in [0.1, 0.15) is 23.4 Å². The van der Waals surface area contributed by atoms with Crippen molar-refractivity contribution < 1.29 is 22.8 Å². The molecule has 0 saturated carbocycles. The Morgan fingerprint density at radius 3 is 2.63 bits per heavy atom. The highest BCUT2D eigenvalue weighted by atomic mass is 19.4. The van der Waals surface area contributed by atoms with E-state index in [2.05, 4.69) is 42.8 Å². The number of fused-ring (bicyclic) bond motifs is 1. The summed E-state index contributed by atoms with van der Waals surface area (Å²) in [5.74, 6) is -0.333. The van der Waals surface area contributed by atoms with Crippen molar-refractivity contribution in [1.29, 1.82) is 0 Å². The van der Waals surface area contributed by atoms with Gasteiger partial charge in [-0.1, -0.05) is 25.1 Å². The van der Waals surface area contributed by atoms with Gasteiger partial charge in [0.2, 0.25) is 0 Å². The smallest absolute Gasteiger partial charge is 0.382 e. The van der Waals surface area contributed by atoms with Crippen LogP contribution in [-0.4, -0.2) is 62.1 Å². The Morgan fingerprint density at radius 2 is 1.90 bits per heavy atom. The number of pyridine rings is 1. The average molecular weight is 568 g/mol. The van der Waals surface area contributed by atoms with Gasteiger partial charge in [0.15, 0.2) is 5.82 Å². The predicted molar refractivity (Wildman–Crippen MR) is 147 cm³/mol. The van der Waals surface area contributed by atoms with Crippen LogP contribution in [0.1, 0.15) is 35.8 Å². The quantitative estimate of drug-likeness (QED) is 0.262. The molecule has 3 aromatic heterocycles. The molecule has 1 aliphatic rings. The number of alkyl halides is 3. The van der Waals surface area contributed by atoms with Crippen LogP contribution in [-0.2, 0) is 6.18 Å². The molecule has 41 heavy (non-hydrogen) atoms. The molecule has 5 N–H and O–H groups in total. The summed E-state index contributed by atoms with van der Waals surface area (Å²) in [6.07, 6.45) is 0.381. The third-order valence-corrected chi connectivity index (χ3v) is 6.96. The number of carbonyl (C=O) groups is 2. The van der Waals surface area contributed by atoms with Crippen LogP contribution in [0, 0.1) is 0 Å². The van der Waals surface area contributed by atoms with E-state index < -0.39 is 17.9 Å². The molecule has 0 aliphatic carbocycles. The molecule has 11 nitrogen and oxygen atoms in total. The monoisotopic (exact) mass is 567 g/mol. The van der Waals surface area contributed by atoms with Gasteiger partial charge in [-0.25, -0.2) is 19.3 Å². The predicted octanol–water partition coefficient (Wildman–Crippen LogP) is 4.25. The molecule has 1 fully saturated rings. The molecule has 1 atom stereocenters. The van der Waals surface area contributed by atoms with E-state index >= 15 is 0 Å². The number of benzene rings is 1. The number of nitrogen functional groups attached to an aromatic ring is 1. The number of nitrogens with one attached hydrogen (secondary N) is 3. The Kier molecular flexibility index (Phi) is 7.75. The number of nitrogens with two attached hydrogens (primary N) is 1.